The van der Waals surface area contributed by atoms with E-state index in [0.29, 0.717) is 5.92 Å². The van der Waals surface area contributed by atoms with Crippen LogP contribution < -0.4 is 0 Å². The molecule has 0 radical (unpaired) electrons. The first-order chi connectivity index (χ1) is 6.08. The van der Waals surface area contributed by atoms with Crippen molar-refractivity contribution in [1.82, 2.24) is 0 Å². The first-order valence-corrected chi connectivity index (χ1v) is 5.81. The van der Waals surface area contributed by atoms with Crippen LogP contribution in [0.2, 0.25) is 0 Å². The van der Waals surface area contributed by atoms with Crippen LogP contribution in [0.5, 0.6) is 0 Å². The van der Waals surface area contributed by atoms with Crippen LogP contribution in [0.3, 0.4) is 0 Å². The van der Waals surface area contributed by atoms with Crippen molar-refractivity contribution in [3.63, 3.8) is 0 Å². The Bertz CT molecular complexity index is 197. The Kier molecular flexibility index (Phi) is 2.18. The molecule has 2 aliphatic rings. The maximum atomic E-state index is 10.7. The molecule has 0 aromatic rings. The summed E-state index contributed by atoms with van der Waals surface area (Å²) >= 11 is 0. The van der Waals surface area contributed by atoms with Crippen molar-refractivity contribution in [3.8, 4) is 0 Å². The minimum absolute atomic E-state index is 0.239. The summed E-state index contributed by atoms with van der Waals surface area (Å²) in [4.78, 5) is 0. The summed E-state index contributed by atoms with van der Waals surface area (Å²) in [5, 5.41) is 10.7. The van der Waals surface area contributed by atoms with Gasteiger partial charge in [0.05, 0.1) is 5.60 Å². The van der Waals surface area contributed by atoms with E-state index in [4.69, 9.17) is 0 Å². The van der Waals surface area contributed by atoms with E-state index in [-0.39, 0.29) is 11.0 Å². The van der Waals surface area contributed by atoms with Gasteiger partial charge in [-0.25, -0.2) is 0 Å². The normalized spacial score (nSPS) is 51.5. The minimum Gasteiger partial charge on any atom is -0.389 e. The van der Waals surface area contributed by atoms with Crippen molar-refractivity contribution >= 4 is 0 Å². The second-order valence-corrected chi connectivity index (χ2v) is 5.49. The lowest BCUT2D eigenvalue weighted by Gasteiger charge is -2.55. The van der Waals surface area contributed by atoms with E-state index in [2.05, 4.69) is 13.8 Å². The average molecular weight is 182 g/mol. The number of aliphatic hydroxyl groups is 1. The van der Waals surface area contributed by atoms with Crippen molar-refractivity contribution in [1.29, 1.82) is 0 Å². The van der Waals surface area contributed by atoms with Gasteiger partial charge in [0.2, 0.25) is 0 Å². The zero-order valence-corrected chi connectivity index (χ0v) is 8.97. The van der Waals surface area contributed by atoms with Crippen LogP contribution >= 0.6 is 0 Å². The third-order valence-corrected chi connectivity index (χ3v) is 4.76. The SMILES string of the molecule is C[C@@H]1CCC[C@]2(C)CCCCC12O. The third kappa shape index (κ3) is 1.24. The zero-order valence-electron chi connectivity index (χ0n) is 8.97. The van der Waals surface area contributed by atoms with Gasteiger partial charge in [0.1, 0.15) is 0 Å². The fourth-order valence-electron chi connectivity index (χ4n) is 3.65. The van der Waals surface area contributed by atoms with Crippen LogP contribution in [0, 0.1) is 11.3 Å². The first-order valence-electron chi connectivity index (χ1n) is 5.81. The number of rotatable bonds is 0. The summed E-state index contributed by atoms with van der Waals surface area (Å²) in [5.41, 5.74) is -0.0909. The van der Waals surface area contributed by atoms with Crippen LogP contribution in [0.1, 0.15) is 58.8 Å². The molecule has 1 nitrogen and oxygen atoms in total. The largest absolute Gasteiger partial charge is 0.389 e. The van der Waals surface area contributed by atoms with Crippen LogP contribution in [0.4, 0.5) is 0 Å². The van der Waals surface area contributed by atoms with E-state index < -0.39 is 0 Å². The molecule has 2 fully saturated rings. The van der Waals surface area contributed by atoms with Crippen molar-refractivity contribution in [2.75, 3.05) is 0 Å². The molecule has 0 spiro atoms. The summed E-state index contributed by atoms with van der Waals surface area (Å²) in [7, 11) is 0. The van der Waals surface area contributed by atoms with Crippen LogP contribution in [-0.4, -0.2) is 10.7 Å². The van der Waals surface area contributed by atoms with Gasteiger partial charge >= 0.3 is 0 Å². The van der Waals surface area contributed by atoms with E-state index in [1.807, 2.05) is 0 Å². The molecule has 1 N–H and O–H groups in total. The molecule has 1 heteroatoms. The maximum absolute atomic E-state index is 10.7. The van der Waals surface area contributed by atoms with E-state index in [1.54, 1.807) is 0 Å². The molecule has 0 aromatic heterocycles. The lowest BCUT2D eigenvalue weighted by Crippen LogP contribution is -2.55. The molecule has 0 amide bonds. The van der Waals surface area contributed by atoms with Gasteiger partial charge in [0.25, 0.3) is 0 Å². The quantitative estimate of drug-likeness (QED) is 0.610. The molecule has 2 aliphatic carbocycles. The van der Waals surface area contributed by atoms with E-state index in [1.165, 1.54) is 38.5 Å². The molecule has 0 aliphatic heterocycles. The molecule has 0 aromatic carbocycles. The van der Waals surface area contributed by atoms with Gasteiger partial charge in [0.15, 0.2) is 0 Å². The van der Waals surface area contributed by atoms with E-state index in [0.717, 1.165) is 6.42 Å². The van der Waals surface area contributed by atoms with Crippen molar-refractivity contribution in [2.24, 2.45) is 11.3 Å². The fourth-order valence-corrected chi connectivity index (χ4v) is 3.65. The third-order valence-electron chi connectivity index (χ3n) is 4.76. The highest BCUT2D eigenvalue weighted by molar-refractivity contribution is 5.04. The molecule has 13 heavy (non-hydrogen) atoms. The molecule has 1 unspecified atom stereocenters. The summed E-state index contributed by atoms with van der Waals surface area (Å²) in [6, 6.07) is 0. The summed E-state index contributed by atoms with van der Waals surface area (Å²) in [6.45, 7) is 4.55. The Morgan fingerprint density at radius 3 is 2.38 bits per heavy atom. The molecular formula is C12H22O. The van der Waals surface area contributed by atoms with Crippen molar-refractivity contribution < 1.29 is 5.11 Å². The predicted molar refractivity (Wildman–Crippen MR) is 54.5 cm³/mol. The summed E-state index contributed by atoms with van der Waals surface area (Å²) in [6.07, 6.45) is 8.64. The highest BCUT2D eigenvalue weighted by atomic mass is 16.3. The monoisotopic (exact) mass is 182 g/mol. The minimum atomic E-state index is -0.330. The average Bonchev–Trinajstić information content (AvgIpc) is 2.09. The summed E-state index contributed by atoms with van der Waals surface area (Å²) < 4.78 is 0. The summed E-state index contributed by atoms with van der Waals surface area (Å²) in [5.74, 6) is 0.520. The Labute approximate surface area is 81.5 Å². The molecule has 3 atom stereocenters. The van der Waals surface area contributed by atoms with Gasteiger partial charge in [-0.05, 0) is 37.0 Å². The molecule has 76 valence electrons. The Balaban J connectivity index is 2.27. The fraction of sp³-hybridized carbons (Fsp3) is 1.00. The van der Waals surface area contributed by atoms with Gasteiger partial charge in [0, 0.05) is 0 Å². The molecule has 0 heterocycles. The molecule has 0 bridgehead atoms. The van der Waals surface area contributed by atoms with Gasteiger partial charge in [-0.15, -0.1) is 0 Å². The first kappa shape index (κ1) is 9.51. The molecule has 2 rings (SSSR count). The van der Waals surface area contributed by atoms with Crippen LogP contribution in [0.25, 0.3) is 0 Å². The second kappa shape index (κ2) is 2.98. The second-order valence-electron chi connectivity index (χ2n) is 5.49. The number of hydrogen-bond acceptors (Lipinski definition) is 1. The van der Waals surface area contributed by atoms with Gasteiger partial charge in [-0.2, -0.15) is 0 Å². The molecule has 0 saturated heterocycles. The zero-order chi connectivity index (χ0) is 9.53. The topological polar surface area (TPSA) is 20.2 Å². The lowest BCUT2D eigenvalue weighted by atomic mass is 9.54. The molecular weight excluding hydrogens is 160 g/mol. The van der Waals surface area contributed by atoms with Crippen LogP contribution in [-0.2, 0) is 0 Å². The van der Waals surface area contributed by atoms with E-state index in [9.17, 15) is 5.11 Å². The Hall–Kier alpha value is -0.0400. The number of hydrogen-bond donors (Lipinski definition) is 1. The molecule has 2 saturated carbocycles. The van der Waals surface area contributed by atoms with Gasteiger partial charge < -0.3 is 5.11 Å². The Morgan fingerprint density at radius 2 is 1.69 bits per heavy atom. The smallest absolute Gasteiger partial charge is 0.0726 e. The standard InChI is InChI=1S/C12H22O/c1-10-6-5-8-11(2)7-3-4-9-12(10,11)13/h10,13H,3-9H2,1-2H3/t10-,11+,12?/m1/s1. The number of fused-ring (bicyclic) bond motifs is 1. The van der Waals surface area contributed by atoms with E-state index >= 15 is 0 Å². The highest BCUT2D eigenvalue weighted by Gasteiger charge is 2.52. The highest BCUT2D eigenvalue weighted by Crippen LogP contribution is 2.55. The Morgan fingerprint density at radius 1 is 1.08 bits per heavy atom. The lowest BCUT2D eigenvalue weighted by molar-refractivity contribution is -0.164. The van der Waals surface area contributed by atoms with Crippen molar-refractivity contribution in [2.45, 2.75) is 64.4 Å². The predicted octanol–water partition coefficient (Wildman–Crippen LogP) is 3.12. The van der Waals surface area contributed by atoms with Crippen LogP contribution in [0.15, 0.2) is 0 Å². The van der Waals surface area contributed by atoms with Gasteiger partial charge in [-0.3, -0.25) is 0 Å². The van der Waals surface area contributed by atoms with Gasteiger partial charge in [-0.1, -0.05) is 33.1 Å². The van der Waals surface area contributed by atoms with Crippen molar-refractivity contribution in [3.05, 3.63) is 0 Å². The maximum Gasteiger partial charge on any atom is 0.0726 e.